The first-order chi connectivity index (χ1) is 8.34. The first kappa shape index (κ1) is 12.9. The van der Waals surface area contributed by atoms with E-state index in [4.69, 9.17) is 0 Å². The summed E-state index contributed by atoms with van der Waals surface area (Å²) < 4.78 is 0. The second-order valence-electron chi connectivity index (χ2n) is 5.72. The highest BCUT2D eigenvalue weighted by molar-refractivity contribution is 5.76. The fourth-order valence-corrected chi connectivity index (χ4v) is 3.05. The molecule has 2 N–H and O–H groups in total. The van der Waals surface area contributed by atoms with Crippen LogP contribution in [0.2, 0.25) is 0 Å². The van der Waals surface area contributed by atoms with Gasteiger partial charge in [-0.3, -0.25) is 4.79 Å². The first-order valence-electron chi connectivity index (χ1n) is 7.32. The molecule has 1 aliphatic heterocycles. The molecule has 0 aromatic rings. The van der Waals surface area contributed by atoms with Crippen molar-refractivity contribution in [1.82, 2.24) is 10.6 Å². The summed E-state index contributed by atoms with van der Waals surface area (Å²) in [6.45, 7) is 3.06. The molecule has 1 heterocycles. The van der Waals surface area contributed by atoms with E-state index in [1.54, 1.807) is 0 Å². The van der Waals surface area contributed by atoms with Crippen molar-refractivity contribution < 1.29 is 4.79 Å². The molecule has 2 rings (SSSR count). The van der Waals surface area contributed by atoms with Gasteiger partial charge in [-0.05, 0) is 44.2 Å². The van der Waals surface area contributed by atoms with Crippen LogP contribution >= 0.6 is 0 Å². The molecule has 1 amide bonds. The van der Waals surface area contributed by atoms with Crippen LogP contribution in [-0.4, -0.2) is 25.5 Å². The molecule has 1 atom stereocenters. The van der Waals surface area contributed by atoms with Crippen molar-refractivity contribution in [2.75, 3.05) is 19.6 Å². The third kappa shape index (κ3) is 4.66. The third-order valence-corrected chi connectivity index (χ3v) is 4.20. The highest BCUT2D eigenvalue weighted by Crippen LogP contribution is 2.25. The van der Waals surface area contributed by atoms with Gasteiger partial charge < -0.3 is 10.6 Å². The van der Waals surface area contributed by atoms with E-state index in [-0.39, 0.29) is 5.91 Å². The minimum absolute atomic E-state index is 0.281. The quantitative estimate of drug-likeness (QED) is 0.736. The average molecular weight is 238 g/mol. The standard InChI is InChI=1S/C14H26N2O/c17-14(16-11-13-7-8-15-10-13)9-12-5-3-1-2-4-6-12/h12-13,15H,1-11H2,(H,16,17). The number of hydrogen-bond acceptors (Lipinski definition) is 2. The second-order valence-corrected chi connectivity index (χ2v) is 5.72. The van der Waals surface area contributed by atoms with E-state index in [2.05, 4.69) is 10.6 Å². The average Bonchev–Trinajstić information content (AvgIpc) is 2.72. The highest BCUT2D eigenvalue weighted by atomic mass is 16.1. The van der Waals surface area contributed by atoms with Gasteiger partial charge >= 0.3 is 0 Å². The van der Waals surface area contributed by atoms with Crippen LogP contribution in [0.25, 0.3) is 0 Å². The number of rotatable bonds is 4. The SMILES string of the molecule is O=C(CC1CCCCCC1)NCC1CCNC1. The topological polar surface area (TPSA) is 41.1 Å². The molecule has 0 radical (unpaired) electrons. The molecule has 1 saturated carbocycles. The maximum Gasteiger partial charge on any atom is 0.220 e. The Balaban J connectivity index is 1.61. The van der Waals surface area contributed by atoms with Gasteiger partial charge in [-0.2, -0.15) is 0 Å². The Morgan fingerprint density at radius 1 is 1.06 bits per heavy atom. The second kappa shape index (κ2) is 7.00. The van der Waals surface area contributed by atoms with Crippen molar-refractivity contribution in [3.05, 3.63) is 0 Å². The van der Waals surface area contributed by atoms with Gasteiger partial charge in [-0.25, -0.2) is 0 Å². The van der Waals surface area contributed by atoms with Gasteiger partial charge in [0, 0.05) is 13.0 Å². The Bertz CT molecular complexity index is 228. The van der Waals surface area contributed by atoms with Gasteiger partial charge in [-0.15, -0.1) is 0 Å². The minimum atomic E-state index is 0.281. The van der Waals surface area contributed by atoms with Gasteiger partial charge in [-0.1, -0.05) is 25.7 Å². The first-order valence-corrected chi connectivity index (χ1v) is 7.32. The lowest BCUT2D eigenvalue weighted by molar-refractivity contribution is -0.122. The van der Waals surface area contributed by atoms with E-state index in [0.29, 0.717) is 11.8 Å². The van der Waals surface area contributed by atoms with Gasteiger partial charge in [0.15, 0.2) is 0 Å². The largest absolute Gasteiger partial charge is 0.356 e. The molecule has 0 spiro atoms. The van der Waals surface area contributed by atoms with E-state index in [0.717, 1.165) is 26.1 Å². The van der Waals surface area contributed by atoms with E-state index in [1.807, 2.05) is 0 Å². The molecular formula is C14H26N2O. The van der Waals surface area contributed by atoms with Crippen molar-refractivity contribution >= 4 is 5.91 Å². The number of amides is 1. The highest BCUT2D eigenvalue weighted by Gasteiger charge is 2.18. The fraction of sp³-hybridized carbons (Fsp3) is 0.929. The summed E-state index contributed by atoms with van der Waals surface area (Å²) in [5.41, 5.74) is 0. The summed E-state index contributed by atoms with van der Waals surface area (Å²) in [7, 11) is 0. The minimum Gasteiger partial charge on any atom is -0.356 e. The number of nitrogens with one attached hydrogen (secondary N) is 2. The zero-order valence-corrected chi connectivity index (χ0v) is 10.8. The number of hydrogen-bond donors (Lipinski definition) is 2. The van der Waals surface area contributed by atoms with Crippen molar-refractivity contribution in [1.29, 1.82) is 0 Å². The predicted molar refractivity (Wildman–Crippen MR) is 69.8 cm³/mol. The Kier molecular flexibility index (Phi) is 5.30. The molecule has 1 unspecified atom stereocenters. The van der Waals surface area contributed by atoms with E-state index in [1.165, 1.54) is 44.9 Å². The van der Waals surface area contributed by atoms with Crippen molar-refractivity contribution in [3.63, 3.8) is 0 Å². The van der Waals surface area contributed by atoms with Crippen LogP contribution in [0.1, 0.15) is 51.4 Å². The van der Waals surface area contributed by atoms with Gasteiger partial charge in [0.25, 0.3) is 0 Å². The molecule has 2 fully saturated rings. The van der Waals surface area contributed by atoms with Crippen LogP contribution in [0.3, 0.4) is 0 Å². The Morgan fingerprint density at radius 3 is 2.47 bits per heavy atom. The van der Waals surface area contributed by atoms with Gasteiger partial charge in [0.2, 0.25) is 5.91 Å². The number of carbonyl (C=O) groups excluding carboxylic acids is 1. The van der Waals surface area contributed by atoms with Crippen molar-refractivity contribution in [2.45, 2.75) is 51.4 Å². The lowest BCUT2D eigenvalue weighted by atomic mass is 9.96. The third-order valence-electron chi connectivity index (χ3n) is 4.20. The molecule has 2 aliphatic rings. The zero-order chi connectivity index (χ0) is 11.9. The van der Waals surface area contributed by atoms with Crippen molar-refractivity contribution in [2.24, 2.45) is 11.8 Å². The normalized spacial score (nSPS) is 26.7. The molecule has 0 aromatic carbocycles. The van der Waals surface area contributed by atoms with E-state index < -0.39 is 0 Å². The summed E-state index contributed by atoms with van der Waals surface area (Å²) in [4.78, 5) is 11.8. The lowest BCUT2D eigenvalue weighted by Gasteiger charge is -2.15. The Labute approximate surface area is 105 Å². The number of carbonyl (C=O) groups is 1. The summed E-state index contributed by atoms with van der Waals surface area (Å²) >= 11 is 0. The summed E-state index contributed by atoms with van der Waals surface area (Å²) in [6.07, 6.45) is 9.88. The molecule has 1 aliphatic carbocycles. The van der Waals surface area contributed by atoms with Crippen LogP contribution in [0.5, 0.6) is 0 Å². The molecule has 1 saturated heterocycles. The van der Waals surface area contributed by atoms with Crippen LogP contribution in [0.15, 0.2) is 0 Å². The smallest absolute Gasteiger partial charge is 0.220 e. The zero-order valence-electron chi connectivity index (χ0n) is 10.8. The fourth-order valence-electron chi connectivity index (χ4n) is 3.05. The van der Waals surface area contributed by atoms with Crippen molar-refractivity contribution in [3.8, 4) is 0 Å². The monoisotopic (exact) mass is 238 g/mol. The molecular weight excluding hydrogens is 212 g/mol. The maximum atomic E-state index is 11.8. The summed E-state index contributed by atoms with van der Waals surface area (Å²) in [6, 6.07) is 0. The summed E-state index contributed by atoms with van der Waals surface area (Å²) in [5.74, 6) is 1.59. The van der Waals surface area contributed by atoms with E-state index >= 15 is 0 Å². The van der Waals surface area contributed by atoms with Crippen LogP contribution < -0.4 is 10.6 Å². The molecule has 98 valence electrons. The van der Waals surface area contributed by atoms with Gasteiger partial charge in [0.05, 0.1) is 0 Å². The molecule has 0 aromatic heterocycles. The van der Waals surface area contributed by atoms with E-state index in [9.17, 15) is 4.79 Å². The van der Waals surface area contributed by atoms with Crippen LogP contribution in [0, 0.1) is 11.8 Å². The molecule has 3 nitrogen and oxygen atoms in total. The van der Waals surface area contributed by atoms with Gasteiger partial charge in [0.1, 0.15) is 0 Å². The maximum absolute atomic E-state index is 11.8. The summed E-state index contributed by atoms with van der Waals surface area (Å²) in [5, 5.41) is 6.45. The Hall–Kier alpha value is -0.570. The lowest BCUT2D eigenvalue weighted by Crippen LogP contribution is -2.31. The molecule has 0 bridgehead atoms. The molecule has 17 heavy (non-hydrogen) atoms. The van der Waals surface area contributed by atoms with Crippen LogP contribution in [-0.2, 0) is 4.79 Å². The predicted octanol–water partition coefficient (Wildman–Crippen LogP) is 2.07. The Morgan fingerprint density at radius 2 is 1.82 bits per heavy atom. The van der Waals surface area contributed by atoms with Crippen LogP contribution in [0.4, 0.5) is 0 Å². The molecule has 3 heteroatoms.